The molecule has 0 atom stereocenters. The van der Waals surface area contributed by atoms with E-state index in [2.05, 4.69) is 15.0 Å². The Balaban J connectivity index is 2.20. The standard InChI is InChI=1S/C14H14N2O5/c1-3-20-14(18)13(17)16-9-4-5-10(11(6-9)19-2)12-7-15-8-21-12/h4-8H,3H2,1-2H3,(H,16,17). The Bertz CT molecular complexity index is 637. The van der Waals surface area contributed by atoms with Crippen LogP contribution in [0.5, 0.6) is 5.75 Å². The summed E-state index contributed by atoms with van der Waals surface area (Å²) in [7, 11) is 1.49. The van der Waals surface area contributed by atoms with Gasteiger partial charge in [0, 0.05) is 11.8 Å². The molecule has 0 spiro atoms. The zero-order valence-electron chi connectivity index (χ0n) is 11.6. The van der Waals surface area contributed by atoms with Crippen molar-refractivity contribution >= 4 is 17.6 Å². The molecule has 0 bridgehead atoms. The number of amides is 1. The molecule has 0 saturated heterocycles. The number of hydrogen-bond acceptors (Lipinski definition) is 6. The number of oxazole rings is 1. The van der Waals surface area contributed by atoms with Gasteiger partial charge in [-0.1, -0.05) is 0 Å². The molecule has 1 N–H and O–H groups in total. The molecule has 0 saturated carbocycles. The van der Waals surface area contributed by atoms with Crippen molar-refractivity contribution in [1.82, 2.24) is 4.98 Å². The molecule has 0 fully saturated rings. The molecule has 0 aliphatic rings. The van der Waals surface area contributed by atoms with Crippen molar-refractivity contribution in [3.8, 4) is 17.1 Å². The number of benzene rings is 1. The first kappa shape index (κ1) is 14.6. The lowest BCUT2D eigenvalue weighted by Gasteiger charge is -2.09. The lowest BCUT2D eigenvalue weighted by molar-refractivity contribution is -0.152. The second-order valence-corrected chi connectivity index (χ2v) is 3.96. The van der Waals surface area contributed by atoms with Gasteiger partial charge >= 0.3 is 11.9 Å². The number of rotatable bonds is 4. The van der Waals surface area contributed by atoms with Gasteiger partial charge in [-0.3, -0.25) is 4.79 Å². The smallest absolute Gasteiger partial charge is 0.397 e. The first-order valence-corrected chi connectivity index (χ1v) is 6.20. The Hall–Kier alpha value is -2.83. The number of hydrogen-bond donors (Lipinski definition) is 1. The maximum absolute atomic E-state index is 11.6. The number of ether oxygens (including phenoxy) is 2. The molecule has 1 aromatic carbocycles. The fourth-order valence-corrected chi connectivity index (χ4v) is 1.70. The Morgan fingerprint density at radius 3 is 2.81 bits per heavy atom. The van der Waals surface area contributed by atoms with Gasteiger partial charge in [-0.05, 0) is 19.1 Å². The summed E-state index contributed by atoms with van der Waals surface area (Å²) in [5.41, 5.74) is 1.09. The van der Waals surface area contributed by atoms with Crippen LogP contribution in [0.25, 0.3) is 11.3 Å². The van der Waals surface area contributed by atoms with Crippen molar-refractivity contribution in [1.29, 1.82) is 0 Å². The first-order valence-electron chi connectivity index (χ1n) is 6.20. The third-order valence-electron chi connectivity index (χ3n) is 2.62. The van der Waals surface area contributed by atoms with E-state index in [1.807, 2.05) is 0 Å². The fourth-order valence-electron chi connectivity index (χ4n) is 1.70. The molecule has 1 heterocycles. The molecule has 0 radical (unpaired) electrons. The van der Waals surface area contributed by atoms with Gasteiger partial charge in [0.1, 0.15) is 5.75 Å². The van der Waals surface area contributed by atoms with Gasteiger partial charge in [-0.25, -0.2) is 9.78 Å². The summed E-state index contributed by atoms with van der Waals surface area (Å²) in [5.74, 6) is -0.759. The Morgan fingerprint density at radius 2 is 2.19 bits per heavy atom. The molecule has 0 aliphatic heterocycles. The van der Waals surface area contributed by atoms with Crippen molar-refractivity contribution < 1.29 is 23.5 Å². The van der Waals surface area contributed by atoms with E-state index >= 15 is 0 Å². The molecule has 0 aliphatic carbocycles. The van der Waals surface area contributed by atoms with Crippen LogP contribution in [0.4, 0.5) is 5.69 Å². The van der Waals surface area contributed by atoms with Gasteiger partial charge in [-0.2, -0.15) is 0 Å². The van der Waals surface area contributed by atoms with E-state index in [-0.39, 0.29) is 6.61 Å². The third-order valence-corrected chi connectivity index (χ3v) is 2.62. The monoisotopic (exact) mass is 290 g/mol. The van der Waals surface area contributed by atoms with Crippen LogP contribution in [0.2, 0.25) is 0 Å². The topological polar surface area (TPSA) is 90.7 Å². The largest absolute Gasteiger partial charge is 0.496 e. The SMILES string of the molecule is CCOC(=O)C(=O)Nc1ccc(-c2cnco2)c(OC)c1. The zero-order chi connectivity index (χ0) is 15.2. The zero-order valence-corrected chi connectivity index (χ0v) is 11.6. The number of esters is 1. The van der Waals surface area contributed by atoms with Crippen LogP contribution in [0.1, 0.15) is 6.92 Å². The van der Waals surface area contributed by atoms with E-state index < -0.39 is 11.9 Å². The van der Waals surface area contributed by atoms with Crippen LogP contribution in [-0.4, -0.2) is 30.6 Å². The van der Waals surface area contributed by atoms with E-state index in [4.69, 9.17) is 9.15 Å². The van der Waals surface area contributed by atoms with Crippen LogP contribution in [0, 0.1) is 0 Å². The van der Waals surface area contributed by atoms with Crippen molar-refractivity contribution in [3.05, 3.63) is 30.8 Å². The minimum Gasteiger partial charge on any atom is -0.496 e. The van der Waals surface area contributed by atoms with E-state index in [1.54, 1.807) is 31.3 Å². The maximum atomic E-state index is 11.6. The fraction of sp³-hybridized carbons (Fsp3) is 0.214. The van der Waals surface area contributed by atoms with Crippen LogP contribution in [-0.2, 0) is 14.3 Å². The summed E-state index contributed by atoms with van der Waals surface area (Å²) in [6.45, 7) is 1.76. The van der Waals surface area contributed by atoms with Crippen LogP contribution >= 0.6 is 0 Å². The average molecular weight is 290 g/mol. The molecule has 7 heteroatoms. The number of carbonyl (C=O) groups excluding carboxylic acids is 2. The predicted molar refractivity (Wildman–Crippen MR) is 73.8 cm³/mol. The normalized spacial score (nSPS) is 10.0. The van der Waals surface area contributed by atoms with Crippen molar-refractivity contribution in [2.24, 2.45) is 0 Å². The minimum atomic E-state index is -0.934. The highest BCUT2D eigenvalue weighted by molar-refractivity contribution is 6.37. The summed E-state index contributed by atoms with van der Waals surface area (Å²) >= 11 is 0. The van der Waals surface area contributed by atoms with Crippen molar-refractivity contribution in [2.75, 3.05) is 19.0 Å². The molecular formula is C14H14N2O5. The summed E-state index contributed by atoms with van der Waals surface area (Å²) in [6.07, 6.45) is 2.86. The van der Waals surface area contributed by atoms with Crippen LogP contribution in [0.3, 0.4) is 0 Å². The molecule has 1 aromatic heterocycles. The second kappa shape index (κ2) is 6.56. The highest BCUT2D eigenvalue weighted by Crippen LogP contribution is 2.32. The number of nitrogens with one attached hydrogen (secondary N) is 1. The van der Waals surface area contributed by atoms with Crippen molar-refractivity contribution in [2.45, 2.75) is 6.92 Å². The number of carbonyl (C=O) groups is 2. The molecule has 1 amide bonds. The summed E-state index contributed by atoms with van der Waals surface area (Å²) in [4.78, 5) is 26.7. The summed E-state index contributed by atoms with van der Waals surface area (Å²) in [6, 6.07) is 4.90. The Morgan fingerprint density at radius 1 is 1.38 bits per heavy atom. The number of nitrogens with zero attached hydrogens (tertiary/aromatic N) is 1. The second-order valence-electron chi connectivity index (χ2n) is 3.96. The Kier molecular flexibility index (Phi) is 4.55. The van der Waals surface area contributed by atoms with Gasteiger partial charge in [0.2, 0.25) is 0 Å². The number of aromatic nitrogens is 1. The third kappa shape index (κ3) is 3.38. The minimum absolute atomic E-state index is 0.139. The summed E-state index contributed by atoms with van der Waals surface area (Å²) in [5, 5.41) is 2.43. The van der Waals surface area contributed by atoms with E-state index in [9.17, 15) is 9.59 Å². The average Bonchev–Trinajstić information content (AvgIpc) is 3.01. The summed E-state index contributed by atoms with van der Waals surface area (Å²) < 4.78 is 15.1. The maximum Gasteiger partial charge on any atom is 0.397 e. The van der Waals surface area contributed by atoms with E-state index in [0.717, 1.165) is 0 Å². The molecule has 0 unspecified atom stereocenters. The van der Waals surface area contributed by atoms with Crippen LogP contribution in [0.15, 0.2) is 35.2 Å². The molecule has 110 valence electrons. The highest BCUT2D eigenvalue weighted by Gasteiger charge is 2.16. The lowest BCUT2D eigenvalue weighted by Crippen LogP contribution is -2.24. The van der Waals surface area contributed by atoms with Gasteiger partial charge < -0.3 is 19.2 Å². The van der Waals surface area contributed by atoms with Crippen LogP contribution < -0.4 is 10.1 Å². The van der Waals surface area contributed by atoms with Gasteiger partial charge in [0.25, 0.3) is 0 Å². The molecule has 2 aromatic rings. The van der Waals surface area contributed by atoms with Crippen molar-refractivity contribution in [3.63, 3.8) is 0 Å². The van der Waals surface area contributed by atoms with E-state index in [0.29, 0.717) is 22.8 Å². The van der Waals surface area contributed by atoms with Gasteiger partial charge in [0.05, 0.1) is 25.5 Å². The van der Waals surface area contributed by atoms with Gasteiger partial charge in [0.15, 0.2) is 12.2 Å². The molecule has 21 heavy (non-hydrogen) atoms. The Labute approximate surface area is 120 Å². The predicted octanol–water partition coefficient (Wildman–Crippen LogP) is 1.85. The van der Waals surface area contributed by atoms with Gasteiger partial charge in [-0.15, -0.1) is 0 Å². The van der Waals surface area contributed by atoms with E-state index in [1.165, 1.54) is 13.5 Å². The molecular weight excluding hydrogens is 276 g/mol. The number of methoxy groups -OCH3 is 1. The lowest BCUT2D eigenvalue weighted by atomic mass is 10.1. The first-order chi connectivity index (χ1) is 10.2. The molecule has 2 rings (SSSR count). The number of anilines is 1. The quantitative estimate of drug-likeness (QED) is 0.682. The highest BCUT2D eigenvalue weighted by atomic mass is 16.5. The molecule has 7 nitrogen and oxygen atoms in total.